The Labute approximate surface area is 93.5 Å². The molecule has 1 aromatic heterocycles. The number of aromatic nitrogens is 2. The maximum atomic E-state index is 5.92. The summed E-state index contributed by atoms with van der Waals surface area (Å²) < 4.78 is 2.03. The van der Waals surface area contributed by atoms with E-state index in [1.807, 2.05) is 29.8 Å². The zero-order chi connectivity index (χ0) is 10.8. The summed E-state index contributed by atoms with van der Waals surface area (Å²) in [7, 11) is 0. The first-order chi connectivity index (χ1) is 7.16. The molecule has 0 saturated carbocycles. The second-order valence-electron chi connectivity index (χ2n) is 3.45. The summed E-state index contributed by atoms with van der Waals surface area (Å²) in [5.41, 5.74) is 7.64. The minimum atomic E-state index is 0.706. The highest BCUT2D eigenvalue weighted by Crippen LogP contribution is 2.19. The predicted octanol–water partition coefficient (Wildman–Crippen LogP) is 2.48. The lowest BCUT2D eigenvalue weighted by atomic mass is 10.2. The molecule has 0 saturated heterocycles. The Morgan fingerprint density at radius 2 is 2.27 bits per heavy atom. The predicted molar refractivity (Wildman–Crippen MR) is 61.9 cm³/mol. The van der Waals surface area contributed by atoms with Crippen LogP contribution in [0.15, 0.2) is 30.6 Å². The van der Waals surface area contributed by atoms with Crippen molar-refractivity contribution >= 4 is 17.3 Å². The minimum Gasteiger partial charge on any atom is -0.398 e. The Morgan fingerprint density at radius 3 is 2.93 bits per heavy atom. The van der Waals surface area contributed by atoms with Crippen LogP contribution in [0.25, 0.3) is 0 Å². The summed E-state index contributed by atoms with van der Waals surface area (Å²) in [6, 6.07) is 5.50. The number of nitrogens with two attached hydrogens (primary N) is 1. The molecule has 0 fully saturated rings. The van der Waals surface area contributed by atoms with Gasteiger partial charge in [0, 0.05) is 23.1 Å². The molecule has 0 unspecified atom stereocenters. The summed E-state index contributed by atoms with van der Waals surface area (Å²) in [5, 5.41) is 0.706. The van der Waals surface area contributed by atoms with Gasteiger partial charge in [-0.3, -0.25) is 0 Å². The number of hydrogen-bond acceptors (Lipinski definition) is 2. The van der Waals surface area contributed by atoms with Gasteiger partial charge in [0.05, 0.1) is 6.54 Å². The second kappa shape index (κ2) is 3.95. The largest absolute Gasteiger partial charge is 0.398 e. The number of aryl methyl sites for hydroxylation is 1. The van der Waals surface area contributed by atoms with Crippen LogP contribution in [-0.4, -0.2) is 9.55 Å². The average molecular weight is 222 g/mol. The molecule has 1 heterocycles. The second-order valence-corrected chi connectivity index (χ2v) is 3.88. The summed E-state index contributed by atoms with van der Waals surface area (Å²) in [6.45, 7) is 2.67. The molecular weight excluding hydrogens is 210 g/mol. The molecular formula is C11H12ClN3. The van der Waals surface area contributed by atoms with Gasteiger partial charge in [-0.2, -0.15) is 0 Å². The first-order valence-corrected chi connectivity index (χ1v) is 5.06. The van der Waals surface area contributed by atoms with Gasteiger partial charge in [0.2, 0.25) is 0 Å². The zero-order valence-corrected chi connectivity index (χ0v) is 9.20. The average Bonchev–Trinajstić information content (AvgIpc) is 2.58. The monoisotopic (exact) mass is 221 g/mol. The topological polar surface area (TPSA) is 43.8 Å². The fourth-order valence-electron chi connectivity index (χ4n) is 1.47. The van der Waals surface area contributed by atoms with Gasteiger partial charge in [-0.25, -0.2) is 4.98 Å². The molecule has 0 aliphatic heterocycles. The third-order valence-electron chi connectivity index (χ3n) is 2.37. The summed E-state index contributed by atoms with van der Waals surface area (Å²) in [4.78, 5) is 4.15. The molecule has 4 heteroatoms. The highest BCUT2D eigenvalue weighted by atomic mass is 35.5. The van der Waals surface area contributed by atoms with E-state index in [9.17, 15) is 0 Å². The van der Waals surface area contributed by atoms with Crippen LogP contribution in [0.4, 0.5) is 5.69 Å². The van der Waals surface area contributed by atoms with E-state index in [0.29, 0.717) is 11.6 Å². The molecule has 2 aromatic rings. The smallest absolute Gasteiger partial charge is 0.105 e. The highest BCUT2D eigenvalue weighted by molar-refractivity contribution is 6.30. The molecule has 0 amide bonds. The van der Waals surface area contributed by atoms with Crippen LogP contribution in [0, 0.1) is 6.92 Å². The first-order valence-electron chi connectivity index (χ1n) is 4.68. The SMILES string of the molecule is Cc1nccn1Cc1cc(Cl)ccc1N. The fourth-order valence-corrected chi connectivity index (χ4v) is 1.66. The zero-order valence-electron chi connectivity index (χ0n) is 8.44. The van der Waals surface area contributed by atoms with Crippen LogP contribution < -0.4 is 5.73 Å². The van der Waals surface area contributed by atoms with Gasteiger partial charge >= 0.3 is 0 Å². The van der Waals surface area contributed by atoms with E-state index in [0.717, 1.165) is 17.1 Å². The fraction of sp³-hybridized carbons (Fsp3) is 0.182. The molecule has 0 radical (unpaired) electrons. The molecule has 3 nitrogen and oxygen atoms in total. The van der Waals surface area contributed by atoms with Gasteiger partial charge in [-0.05, 0) is 30.7 Å². The van der Waals surface area contributed by atoms with E-state index in [2.05, 4.69) is 4.98 Å². The van der Waals surface area contributed by atoms with Crippen LogP contribution >= 0.6 is 11.6 Å². The van der Waals surface area contributed by atoms with E-state index >= 15 is 0 Å². The van der Waals surface area contributed by atoms with Crippen molar-refractivity contribution in [1.82, 2.24) is 9.55 Å². The van der Waals surface area contributed by atoms with Crippen LogP contribution in [0.5, 0.6) is 0 Å². The minimum absolute atomic E-state index is 0.706. The van der Waals surface area contributed by atoms with Crippen LogP contribution in [0.1, 0.15) is 11.4 Å². The van der Waals surface area contributed by atoms with Crippen molar-refractivity contribution in [2.75, 3.05) is 5.73 Å². The van der Waals surface area contributed by atoms with Gasteiger partial charge in [0.15, 0.2) is 0 Å². The standard InChI is InChI=1S/C11H12ClN3/c1-8-14-4-5-15(8)7-9-6-10(12)2-3-11(9)13/h2-6H,7,13H2,1H3. The van der Waals surface area contributed by atoms with Gasteiger partial charge < -0.3 is 10.3 Å². The maximum Gasteiger partial charge on any atom is 0.105 e. The summed E-state index contributed by atoms with van der Waals surface area (Å²) in [6.07, 6.45) is 3.70. The first kappa shape index (κ1) is 10.1. The van der Waals surface area contributed by atoms with E-state index in [4.69, 9.17) is 17.3 Å². The van der Waals surface area contributed by atoms with E-state index in [1.165, 1.54) is 0 Å². The van der Waals surface area contributed by atoms with Crippen molar-refractivity contribution in [1.29, 1.82) is 0 Å². The molecule has 0 bridgehead atoms. The molecule has 15 heavy (non-hydrogen) atoms. The van der Waals surface area contributed by atoms with Crippen molar-refractivity contribution in [2.45, 2.75) is 13.5 Å². The molecule has 0 aliphatic carbocycles. The van der Waals surface area contributed by atoms with E-state index in [-0.39, 0.29) is 0 Å². The lowest BCUT2D eigenvalue weighted by Crippen LogP contribution is -2.03. The van der Waals surface area contributed by atoms with Crippen molar-refractivity contribution in [3.63, 3.8) is 0 Å². The normalized spacial score (nSPS) is 10.5. The number of nitrogen functional groups attached to an aromatic ring is 1. The Hall–Kier alpha value is -1.48. The number of imidazole rings is 1. The van der Waals surface area contributed by atoms with Gasteiger partial charge in [-0.15, -0.1) is 0 Å². The van der Waals surface area contributed by atoms with Gasteiger partial charge in [-0.1, -0.05) is 11.6 Å². The molecule has 78 valence electrons. The third-order valence-corrected chi connectivity index (χ3v) is 2.60. The van der Waals surface area contributed by atoms with E-state index in [1.54, 1.807) is 12.3 Å². The lowest BCUT2D eigenvalue weighted by molar-refractivity contribution is 0.763. The summed E-state index contributed by atoms with van der Waals surface area (Å²) in [5.74, 6) is 0.967. The van der Waals surface area contributed by atoms with Crippen molar-refractivity contribution in [3.8, 4) is 0 Å². The quantitative estimate of drug-likeness (QED) is 0.792. The van der Waals surface area contributed by atoms with Gasteiger partial charge in [0.1, 0.15) is 5.82 Å². The Bertz CT molecular complexity index is 476. The van der Waals surface area contributed by atoms with Crippen molar-refractivity contribution in [2.24, 2.45) is 0 Å². The van der Waals surface area contributed by atoms with Crippen LogP contribution in [-0.2, 0) is 6.54 Å². The molecule has 2 N–H and O–H groups in total. The van der Waals surface area contributed by atoms with Crippen LogP contribution in [0.3, 0.4) is 0 Å². The molecule has 2 rings (SSSR count). The van der Waals surface area contributed by atoms with E-state index < -0.39 is 0 Å². The van der Waals surface area contributed by atoms with Crippen molar-refractivity contribution in [3.05, 3.63) is 47.0 Å². The Morgan fingerprint density at radius 1 is 1.47 bits per heavy atom. The molecule has 0 atom stereocenters. The Kier molecular flexibility index (Phi) is 2.64. The number of anilines is 1. The van der Waals surface area contributed by atoms with Crippen LogP contribution in [0.2, 0.25) is 5.02 Å². The third kappa shape index (κ3) is 2.13. The molecule has 1 aromatic carbocycles. The molecule has 0 aliphatic rings. The number of rotatable bonds is 2. The summed E-state index contributed by atoms with van der Waals surface area (Å²) >= 11 is 5.92. The number of benzene rings is 1. The van der Waals surface area contributed by atoms with Gasteiger partial charge in [0.25, 0.3) is 0 Å². The maximum absolute atomic E-state index is 5.92. The number of halogens is 1. The number of hydrogen-bond donors (Lipinski definition) is 1. The Balaban J connectivity index is 2.32. The lowest BCUT2D eigenvalue weighted by Gasteiger charge is -2.08. The molecule has 0 spiro atoms. The van der Waals surface area contributed by atoms with Crippen molar-refractivity contribution < 1.29 is 0 Å². The number of nitrogens with zero attached hydrogens (tertiary/aromatic N) is 2. The highest BCUT2D eigenvalue weighted by Gasteiger charge is 2.03.